The Labute approximate surface area is 150 Å². The maximum absolute atomic E-state index is 12.3. The molecule has 134 valence electrons. The molecule has 1 aliphatic rings. The van der Waals surface area contributed by atoms with Crippen molar-refractivity contribution in [2.24, 2.45) is 0 Å². The Balaban J connectivity index is 1.49. The van der Waals surface area contributed by atoms with E-state index in [2.05, 4.69) is 20.4 Å². The molecule has 0 radical (unpaired) electrons. The molecule has 0 fully saturated rings. The van der Waals surface area contributed by atoms with E-state index < -0.39 is 6.10 Å². The van der Waals surface area contributed by atoms with Crippen molar-refractivity contribution in [3.05, 3.63) is 46.2 Å². The number of aliphatic hydroxyl groups is 1. The molecule has 1 amide bonds. The molecule has 3 rings (SSSR count). The molecular formula is C17H21ClN4O3. The second-order valence-corrected chi connectivity index (χ2v) is 6.58. The summed E-state index contributed by atoms with van der Waals surface area (Å²) in [6.07, 6.45) is 0.0287. The Morgan fingerprint density at radius 2 is 2.24 bits per heavy atom. The van der Waals surface area contributed by atoms with Crippen molar-refractivity contribution in [3.63, 3.8) is 0 Å². The monoisotopic (exact) mass is 364 g/mol. The van der Waals surface area contributed by atoms with Gasteiger partial charge in [0.2, 0.25) is 0 Å². The first-order chi connectivity index (χ1) is 12.0. The van der Waals surface area contributed by atoms with Crippen molar-refractivity contribution in [1.82, 2.24) is 20.4 Å². The summed E-state index contributed by atoms with van der Waals surface area (Å²) in [7, 11) is 2.01. The lowest BCUT2D eigenvalue weighted by atomic mass is 10.1. The standard InChI is InChI=1S/C17H21ClN4O3/c1-22-7-6-15-14(9-22)16(21-20-15)17(24)19-8-12(23)10-25-13-4-2-11(18)3-5-13/h2-5,12,23H,6-10H2,1H3,(H,19,24)(H,20,21). The van der Waals surface area contributed by atoms with Gasteiger partial charge in [-0.3, -0.25) is 9.89 Å². The van der Waals surface area contributed by atoms with Gasteiger partial charge >= 0.3 is 0 Å². The fourth-order valence-electron chi connectivity index (χ4n) is 2.69. The van der Waals surface area contributed by atoms with Gasteiger partial charge in [0.1, 0.15) is 18.5 Å². The molecule has 1 aromatic heterocycles. The van der Waals surface area contributed by atoms with Crippen molar-refractivity contribution in [3.8, 4) is 5.75 Å². The molecule has 7 nitrogen and oxygen atoms in total. The molecule has 1 aliphatic heterocycles. The zero-order chi connectivity index (χ0) is 17.8. The van der Waals surface area contributed by atoms with Crippen LogP contribution >= 0.6 is 11.6 Å². The molecule has 1 unspecified atom stereocenters. The van der Waals surface area contributed by atoms with E-state index in [9.17, 15) is 9.90 Å². The summed E-state index contributed by atoms with van der Waals surface area (Å²) in [6.45, 7) is 1.79. The second-order valence-electron chi connectivity index (χ2n) is 6.15. The fourth-order valence-corrected chi connectivity index (χ4v) is 2.82. The van der Waals surface area contributed by atoms with Gasteiger partial charge in [0.15, 0.2) is 5.69 Å². The fraction of sp³-hybridized carbons (Fsp3) is 0.412. The number of aromatic amines is 1. The van der Waals surface area contributed by atoms with Gasteiger partial charge in [-0.2, -0.15) is 5.10 Å². The molecule has 1 aromatic carbocycles. The molecule has 8 heteroatoms. The van der Waals surface area contributed by atoms with Crippen LogP contribution in [-0.4, -0.2) is 59.0 Å². The van der Waals surface area contributed by atoms with Crippen LogP contribution in [0.2, 0.25) is 5.02 Å². The number of benzene rings is 1. The number of amides is 1. The lowest BCUT2D eigenvalue weighted by Gasteiger charge is -2.22. The number of carbonyl (C=O) groups excluding carboxylic acids is 1. The first-order valence-electron chi connectivity index (χ1n) is 8.12. The highest BCUT2D eigenvalue weighted by Crippen LogP contribution is 2.19. The number of hydrogen-bond acceptors (Lipinski definition) is 5. The molecule has 1 atom stereocenters. The topological polar surface area (TPSA) is 90.5 Å². The number of ether oxygens (including phenoxy) is 1. The molecule has 2 heterocycles. The molecule has 25 heavy (non-hydrogen) atoms. The smallest absolute Gasteiger partial charge is 0.272 e. The van der Waals surface area contributed by atoms with Crippen LogP contribution in [0, 0.1) is 0 Å². The maximum atomic E-state index is 12.3. The van der Waals surface area contributed by atoms with Crippen LogP contribution in [0.1, 0.15) is 21.7 Å². The van der Waals surface area contributed by atoms with Gasteiger partial charge < -0.3 is 20.1 Å². The molecular weight excluding hydrogens is 344 g/mol. The van der Waals surface area contributed by atoms with Crippen LogP contribution in [0.4, 0.5) is 0 Å². The third-order valence-corrected chi connectivity index (χ3v) is 4.35. The number of aliphatic hydroxyl groups excluding tert-OH is 1. The Hall–Kier alpha value is -2.09. The van der Waals surface area contributed by atoms with Crippen LogP contribution < -0.4 is 10.1 Å². The lowest BCUT2D eigenvalue weighted by molar-refractivity contribution is 0.0838. The minimum Gasteiger partial charge on any atom is -0.491 e. The van der Waals surface area contributed by atoms with E-state index in [1.54, 1.807) is 24.3 Å². The van der Waals surface area contributed by atoms with E-state index in [1.165, 1.54) is 0 Å². The van der Waals surface area contributed by atoms with Crippen LogP contribution in [0.25, 0.3) is 0 Å². The summed E-state index contributed by atoms with van der Waals surface area (Å²) >= 11 is 5.80. The molecule has 0 bridgehead atoms. The van der Waals surface area contributed by atoms with Crippen LogP contribution in [0.3, 0.4) is 0 Å². The summed E-state index contributed by atoms with van der Waals surface area (Å²) in [5, 5.41) is 20.4. The number of H-pyrrole nitrogens is 1. The van der Waals surface area contributed by atoms with Crippen molar-refractivity contribution >= 4 is 17.5 Å². The number of nitrogens with zero attached hydrogens (tertiary/aromatic N) is 2. The van der Waals surface area contributed by atoms with Gasteiger partial charge in [0, 0.05) is 42.3 Å². The zero-order valence-electron chi connectivity index (χ0n) is 14.0. The highest BCUT2D eigenvalue weighted by Gasteiger charge is 2.24. The van der Waals surface area contributed by atoms with Crippen LogP contribution in [-0.2, 0) is 13.0 Å². The average Bonchev–Trinajstić information content (AvgIpc) is 3.02. The lowest BCUT2D eigenvalue weighted by Crippen LogP contribution is -2.36. The predicted octanol–water partition coefficient (Wildman–Crippen LogP) is 1.22. The summed E-state index contributed by atoms with van der Waals surface area (Å²) in [5.74, 6) is 0.317. The normalized spacial score (nSPS) is 15.5. The van der Waals surface area contributed by atoms with E-state index in [0.29, 0.717) is 23.0 Å². The van der Waals surface area contributed by atoms with Crippen molar-refractivity contribution in [2.45, 2.75) is 19.1 Å². The van der Waals surface area contributed by atoms with Crippen LogP contribution in [0.5, 0.6) is 5.75 Å². The highest BCUT2D eigenvalue weighted by molar-refractivity contribution is 6.30. The SMILES string of the molecule is CN1CCc2[nH]nc(C(=O)NCC(O)COc3ccc(Cl)cc3)c2C1. The largest absolute Gasteiger partial charge is 0.491 e. The average molecular weight is 365 g/mol. The van der Waals surface area contributed by atoms with Gasteiger partial charge in [-0.25, -0.2) is 0 Å². The Bertz CT molecular complexity index is 732. The van der Waals surface area contributed by atoms with Crippen molar-refractivity contribution in [2.75, 3.05) is 26.7 Å². The van der Waals surface area contributed by atoms with E-state index in [-0.39, 0.29) is 19.1 Å². The predicted molar refractivity (Wildman–Crippen MR) is 93.9 cm³/mol. The summed E-state index contributed by atoms with van der Waals surface area (Å²) < 4.78 is 5.46. The van der Waals surface area contributed by atoms with Crippen molar-refractivity contribution in [1.29, 1.82) is 0 Å². The van der Waals surface area contributed by atoms with E-state index in [1.807, 2.05) is 7.05 Å². The molecule has 0 saturated heterocycles. The molecule has 2 aromatic rings. The van der Waals surface area contributed by atoms with Gasteiger partial charge in [0.25, 0.3) is 5.91 Å². The van der Waals surface area contributed by atoms with Gasteiger partial charge in [0.05, 0.1) is 0 Å². The summed E-state index contributed by atoms with van der Waals surface area (Å²) in [6, 6.07) is 6.87. The molecule has 0 saturated carbocycles. The third-order valence-electron chi connectivity index (χ3n) is 4.09. The number of nitrogens with one attached hydrogen (secondary N) is 2. The number of carbonyl (C=O) groups is 1. The summed E-state index contributed by atoms with van der Waals surface area (Å²) in [4.78, 5) is 14.5. The second kappa shape index (κ2) is 7.86. The van der Waals surface area contributed by atoms with E-state index in [4.69, 9.17) is 16.3 Å². The van der Waals surface area contributed by atoms with Crippen LogP contribution in [0.15, 0.2) is 24.3 Å². The number of fused-ring (bicyclic) bond motifs is 1. The molecule has 0 spiro atoms. The molecule has 3 N–H and O–H groups in total. The van der Waals surface area contributed by atoms with Gasteiger partial charge in [-0.1, -0.05) is 11.6 Å². The minimum atomic E-state index is -0.822. The van der Waals surface area contributed by atoms with E-state index in [0.717, 1.165) is 24.2 Å². The van der Waals surface area contributed by atoms with Crippen molar-refractivity contribution < 1.29 is 14.6 Å². The maximum Gasteiger partial charge on any atom is 0.272 e. The quantitative estimate of drug-likeness (QED) is 0.717. The zero-order valence-corrected chi connectivity index (χ0v) is 14.7. The first-order valence-corrected chi connectivity index (χ1v) is 8.50. The Morgan fingerprint density at radius 3 is 3.00 bits per heavy atom. The Morgan fingerprint density at radius 1 is 1.48 bits per heavy atom. The summed E-state index contributed by atoms with van der Waals surface area (Å²) in [5.41, 5.74) is 2.33. The first kappa shape index (κ1) is 17.7. The number of aromatic nitrogens is 2. The molecule has 0 aliphatic carbocycles. The van der Waals surface area contributed by atoms with E-state index >= 15 is 0 Å². The Kier molecular flexibility index (Phi) is 5.57. The number of likely N-dealkylation sites (N-methyl/N-ethyl adjacent to an activating group) is 1. The van der Waals surface area contributed by atoms with Gasteiger partial charge in [-0.15, -0.1) is 0 Å². The minimum absolute atomic E-state index is 0.0727. The number of halogens is 1. The highest BCUT2D eigenvalue weighted by atomic mass is 35.5. The van der Waals surface area contributed by atoms with Gasteiger partial charge in [-0.05, 0) is 31.3 Å². The third kappa shape index (κ3) is 4.50. The number of rotatable bonds is 6. The number of hydrogen-bond donors (Lipinski definition) is 3.